The summed E-state index contributed by atoms with van der Waals surface area (Å²) in [4.78, 5) is 16.6. The first kappa shape index (κ1) is 17.2. The largest absolute Gasteiger partial charge is 0.349 e. The average molecular weight is 361 g/mol. The summed E-state index contributed by atoms with van der Waals surface area (Å²) in [6, 6.07) is 12.3. The van der Waals surface area contributed by atoms with Gasteiger partial charge in [-0.1, -0.05) is 18.2 Å². The molecule has 3 rings (SSSR count). The molecule has 0 spiro atoms. The van der Waals surface area contributed by atoms with Crippen LogP contribution in [0.5, 0.6) is 0 Å². The summed E-state index contributed by atoms with van der Waals surface area (Å²) in [5.74, 6) is 0.675. The molecular weight excluding hydrogens is 340 g/mol. The Morgan fingerprint density at radius 2 is 1.96 bits per heavy atom. The molecule has 1 amide bonds. The Labute approximate surface area is 147 Å². The molecule has 132 valence electrons. The molecule has 0 unspecified atom stereocenters. The minimum Gasteiger partial charge on any atom is -0.349 e. The first-order valence-corrected chi connectivity index (χ1v) is 9.57. The fourth-order valence-electron chi connectivity index (χ4n) is 2.82. The lowest BCUT2D eigenvalue weighted by molar-refractivity contribution is -0.367. The molecule has 1 fully saturated rings. The maximum Gasteiger partial charge on any atom is 0.274 e. The topological polar surface area (TPSA) is 83.9 Å². The number of H-pyrrole nitrogens is 1. The number of pyridine rings is 1. The van der Waals surface area contributed by atoms with Crippen LogP contribution in [0.25, 0.3) is 0 Å². The number of amides is 1. The highest BCUT2D eigenvalue weighted by atomic mass is 32.2. The smallest absolute Gasteiger partial charge is 0.274 e. The molecule has 2 aromatic rings. The molecule has 1 saturated heterocycles. The first-order chi connectivity index (χ1) is 12.0. The molecule has 7 nitrogen and oxygen atoms in total. The Hall–Kier alpha value is -2.61. The normalized spacial score (nSPS) is 14.9. The standard InChI is InChI=1S/C17H20N4O3S/c1-2-21(14-6-4-3-5-7-14)25(23,24)15-8-9-16(19-12-15)20-11-10-18-17(22)13-20/h3-9,12H,2,10-11,13H2,1H3,(H,18,22)/p+1. The van der Waals surface area contributed by atoms with E-state index in [1.807, 2.05) is 23.1 Å². The summed E-state index contributed by atoms with van der Waals surface area (Å²) in [7, 11) is -3.66. The number of nitrogens with one attached hydrogen (secondary N) is 2. The van der Waals surface area contributed by atoms with Gasteiger partial charge >= 0.3 is 0 Å². The molecule has 1 aromatic heterocycles. The number of carbonyl (C=O) groups is 1. The van der Waals surface area contributed by atoms with Crippen molar-refractivity contribution in [3.63, 3.8) is 0 Å². The second kappa shape index (κ2) is 7.10. The highest BCUT2D eigenvalue weighted by Crippen LogP contribution is 2.23. The van der Waals surface area contributed by atoms with Gasteiger partial charge in [-0.2, -0.15) is 0 Å². The third-order valence-electron chi connectivity index (χ3n) is 4.07. The fourth-order valence-corrected chi connectivity index (χ4v) is 4.26. The lowest BCUT2D eigenvalue weighted by atomic mass is 10.3. The van der Waals surface area contributed by atoms with Crippen molar-refractivity contribution in [3.05, 3.63) is 48.7 Å². The summed E-state index contributed by atoms with van der Waals surface area (Å²) in [6.45, 7) is 3.65. The van der Waals surface area contributed by atoms with Gasteiger partial charge in [-0.25, -0.2) is 13.4 Å². The summed E-state index contributed by atoms with van der Waals surface area (Å²) in [5, 5.41) is 2.76. The van der Waals surface area contributed by atoms with Gasteiger partial charge < -0.3 is 5.32 Å². The number of benzene rings is 1. The quantitative estimate of drug-likeness (QED) is 0.848. The number of piperazine rings is 1. The third-order valence-corrected chi connectivity index (χ3v) is 5.97. The number of para-hydroxylation sites is 1. The van der Waals surface area contributed by atoms with Crippen LogP contribution in [-0.2, 0) is 14.8 Å². The van der Waals surface area contributed by atoms with Gasteiger partial charge in [0.15, 0.2) is 6.54 Å². The number of hydrogen-bond acceptors (Lipinski definition) is 4. The maximum atomic E-state index is 12.9. The van der Waals surface area contributed by atoms with Crippen LogP contribution < -0.4 is 19.5 Å². The molecular formula is C17H21N4O3S+. The number of aromatic nitrogens is 1. The summed E-state index contributed by atoms with van der Waals surface area (Å²) in [5.41, 5.74) is 0.627. The van der Waals surface area contributed by atoms with Crippen molar-refractivity contribution < 1.29 is 18.2 Å². The van der Waals surface area contributed by atoms with Crippen molar-refractivity contribution in [2.45, 2.75) is 11.8 Å². The summed E-state index contributed by atoms with van der Waals surface area (Å²) < 4.78 is 27.2. The van der Waals surface area contributed by atoms with Crippen LogP contribution in [-0.4, -0.2) is 40.5 Å². The zero-order chi connectivity index (χ0) is 17.9. The lowest BCUT2D eigenvalue weighted by Gasteiger charge is -2.23. The molecule has 0 radical (unpaired) electrons. The number of anilines is 2. The molecule has 0 aliphatic carbocycles. The highest BCUT2D eigenvalue weighted by molar-refractivity contribution is 7.92. The number of sulfonamides is 1. The molecule has 2 heterocycles. The van der Waals surface area contributed by atoms with Gasteiger partial charge in [0.25, 0.3) is 21.7 Å². The van der Waals surface area contributed by atoms with Crippen LogP contribution >= 0.6 is 0 Å². The maximum absolute atomic E-state index is 12.9. The number of nitrogens with zero attached hydrogens (tertiary/aromatic N) is 2. The van der Waals surface area contributed by atoms with E-state index in [-0.39, 0.29) is 17.3 Å². The van der Waals surface area contributed by atoms with E-state index in [4.69, 9.17) is 0 Å². The second-order valence-electron chi connectivity index (χ2n) is 5.69. The van der Waals surface area contributed by atoms with Crippen LogP contribution in [0.4, 0.5) is 11.5 Å². The summed E-state index contributed by atoms with van der Waals surface area (Å²) in [6.07, 6.45) is 1.47. The van der Waals surface area contributed by atoms with E-state index in [9.17, 15) is 13.2 Å². The van der Waals surface area contributed by atoms with E-state index < -0.39 is 10.0 Å². The average Bonchev–Trinajstić information content (AvgIpc) is 2.63. The SMILES string of the molecule is CCN(c1ccccc1)S(=O)(=O)c1ccc(N2CCNC(=O)C2)[nH+]c1. The van der Waals surface area contributed by atoms with Crippen LogP contribution in [0, 0.1) is 0 Å². The van der Waals surface area contributed by atoms with E-state index in [1.54, 1.807) is 31.2 Å². The fraction of sp³-hybridized carbons (Fsp3) is 0.294. The second-order valence-corrected chi connectivity index (χ2v) is 7.55. The van der Waals surface area contributed by atoms with Gasteiger partial charge in [0, 0.05) is 12.6 Å². The molecule has 1 aliphatic rings. The Morgan fingerprint density at radius 1 is 1.20 bits per heavy atom. The molecule has 8 heteroatoms. The van der Waals surface area contributed by atoms with Crippen molar-refractivity contribution in [2.75, 3.05) is 35.4 Å². The van der Waals surface area contributed by atoms with Gasteiger partial charge in [-0.15, -0.1) is 0 Å². The Kier molecular flexibility index (Phi) is 4.89. The Bertz CT molecular complexity index is 838. The minimum atomic E-state index is -3.66. The van der Waals surface area contributed by atoms with Crippen LogP contribution in [0.3, 0.4) is 0 Å². The van der Waals surface area contributed by atoms with E-state index in [2.05, 4.69) is 10.3 Å². The van der Waals surface area contributed by atoms with Gasteiger partial charge in [-0.05, 0) is 25.1 Å². The van der Waals surface area contributed by atoms with E-state index >= 15 is 0 Å². The molecule has 1 aliphatic heterocycles. The van der Waals surface area contributed by atoms with Crippen molar-refractivity contribution >= 4 is 27.4 Å². The van der Waals surface area contributed by atoms with E-state index in [1.165, 1.54) is 10.5 Å². The van der Waals surface area contributed by atoms with Gasteiger partial charge in [-0.3, -0.25) is 14.0 Å². The number of hydrogen-bond donors (Lipinski definition) is 1. The first-order valence-electron chi connectivity index (χ1n) is 8.13. The van der Waals surface area contributed by atoms with Gasteiger partial charge in [0.2, 0.25) is 0 Å². The van der Waals surface area contributed by atoms with Crippen molar-refractivity contribution in [3.8, 4) is 0 Å². The molecule has 0 saturated carbocycles. The predicted octanol–water partition coefficient (Wildman–Crippen LogP) is 0.652. The number of aromatic amines is 1. The van der Waals surface area contributed by atoms with Crippen LogP contribution in [0.1, 0.15) is 6.92 Å². The van der Waals surface area contributed by atoms with E-state index in [0.29, 0.717) is 25.3 Å². The van der Waals surface area contributed by atoms with Crippen molar-refractivity contribution in [1.29, 1.82) is 0 Å². The van der Waals surface area contributed by atoms with E-state index in [0.717, 1.165) is 5.82 Å². The van der Waals surface area contributed by atoms with Gasteiger partial charge in [0.05, 0.1) is 12.2 Å². The zero-order valence-electron chi connectivity index (χ0n) is 14.0. The third kappa shape index (κ3) is 3.58. The van der Waals surface area contributed by atoms with Gasteiger partial charge in [0.1, 0.15) is 17.6 Å². The zero-order valence-corrected chi connectivity index (χ0v) is 14.8. The van der Waals surface area contributed by atoms with Crippen molar-refractivity contribution in [2.24, 2.45) is 0 Å². The predicted molar refractivity (Wildman–Crippen MR) is 94.9 cm³/mol. The van der Waals surface area contributed by atoms with Crippen molar-refractivity contribution in [1.82, 2.24) is 5.32 Å². The Balaban J connectivity index is 1.86. The Morgan fingerprint density at radius 3 is 2.56 bits per heavy atom. The minimum absolute atomic E-state index is 0.0439. The molecule has 0 bridgehead atoms. The lowest BCUT2D eigenvalue weighted by Crippen LogP contribution is -2.49. The highest BCUT2D eigenvalue weighted by Gasteiger charge is 2.27. The molecule has 2 N–H and O–H groups in total. The molecule has 25 heavy (non-hydrogen) atoms. The molecule has 0 atom stereocenters. The number of rotatable bonds is 5. The van der Waals surface area contributed by atoms with Crippen LogP contribution in [0.2, 0.25) is 0 Å². The summed E-state index contributed by atoms with van der Waals surface area (Å²) >= 11 is 0. The van der Waals surface area contributed by atoms with Crippen LogP contribution in [0.15, 0.2) is 53.6 Å². The number of carbonyl (C=O) groups excluding carboxylic acids is 1. The molecule has 1 aromatic carbocycles. The monoisotopic (exact) mass is 361 g/mol.